The van der Waals surface area contributed by atoms with Gasteiger partial charge in [0, 0.05) is 49.1 Å². The van der Waals surface area contributed by atoms with E-state index in [1.165, 1.54) is 12.1 Å². The van der Waals surface area contributed by atoms with Crippen molar-refractivity contribution in [1.82, 2.24) is 9.97 Å². The molecule has 0 saturated heterocycles. The van der Waals surface area contributed by atoms with Crippen LogP contribution in [0.4, 0.5) is 11.5 Å². The van der Waals surface area contributed by atoms with Gasteiger partial charge in [-0.15, -0.1) is 0 Å². The number of sulfone groups is 1. The fraction of sp³-hybridized carbons (Fsp3) is 0.267. The molecule has 1 aliphatic carbocycles. The molecular weight excluding hydrogens is 530 g/mol. The Kier molecular flexibility index (Phi) is 7.79. The smallest absolute Gasteiger partial charge is 0.184 e. The zero-order chi connectivity index (χ0) is 28.3. The van der Waals surface area contributed by atoms with Crippen LogP contribution in [0.3, 0.4) is 0 Å². The molecule has 0 bridgehead atoms. The van der Waals surface area contributed by atoms with E-state index in [-0.39, 0.29) is 46.7 Å². The Hall–Kier alpha value is -4.31. The zero-order valence-corrected chi connectivity index (χ0v) is 23.0. The number of Topliss-reactive ketones (excluding diaryl/α,β-unsaturated/α-hetero) is 2. The van der Waals surface area contributed by atoms with E-state index >= 15 is 0 Å². The Morgan fingerprint density at radius 1 is 0.950 bits per heavy atom. The molecule has 9 nitrogen and oxygen atoms in total. The first kappa shape index (κ1) is 27.3. The van der Waals surface area contributed by atoms with Gasteiger partial charge in [0.15, 0.2) is 15.7 Å². The molecule has 1 atom stereocenters. The Morgan fingerprint density at radius 2 is 1.65 bits per heavy atom. The highest BCUT2D eigenvalue weighted by Gasteiger charge is 2.28. The van der Waals surface area contributed by atoms with Crippen LogP contribution in [0.5, 0.6) is 11.5 Å². The Balaban J connectivity index is 1.45. The van der Waals surface area contributed by atoms with Crippen molar-refractivity contribution in [2.24, 2.45) is 5.92 Å². The van der Waals surface area contributed by atoms with E-state index in [2.05, 4.69) is 15.3 Å². The highest BCUT2D eigenvalue weighted by molar-refractivity contribution is 7.90. The number of para-hydroxylation sites is 2. The molecule has 1 fully saturated rings. The summed E-state index contributed by atoms with van der Waals surface area (Å²) in [7, 11) is -0.780. The summed E-state index contributed by atoms with van der Waals surface area (Å²) >= 11 is 0. The van der Waals surface area contributed by atoms with Crippen molar-refractivity contribution < 1.29 is 27.5 Å². The Labute approximate surface area is 232 Å². The van der Waals surface area contributed by atoms with Gasteiger partial charge in [-0.25, -0.2) is 18.4 Å². The van der Waals surface area contributed by atoms with Crippen molar-refractivity contribution in [1.29, 1.82) is 0 Å². The number of carbonyl (C=O) groups is 2. The van der Waals surface area contributed by atoms with Crippen LogP contribution >= 0.6 is 0 Å². The number of carbonyl (C=O) groups excluding carboxylic acids is 2. The summed E-state index contributed by atoms with van der Waals surface area (Å²) in [6.45, 7) is 0. The molecule has 4 aromatic rings. The van der Waals surface area contributed by atoms with Gasteiger partial charge in [-0.1, -0.05) is 24.3 Å². The summed E-state index contributed by atoms with van der Waals surface area (Å²) in [4.78, 5) is 33.7. The number of rotatable bonds is 10. The maximum absolute atomic E-state index is 13.6. The van der Waals surface area contributed by atoms with Crippen LogP contribution in [0, 0.1) is 5.92 Å². The first-order chi connectivity index (χ1) is 19.2. The maximum atomic E-state index is 13.6. The van der Waals surface area contributed by atoms with Crippen LogP contribution < -0.4 is 14.8 Å². The first-order valence-electron chi connectivity index (χ1n) is 12.9. The highest BCUT2D eigenvalue weighted by atomic mass is 32.2. The second-order valence-corrected chi connectivity index (χ2v) is 11.8. The fourth-order valence-electron chi connectivity index (χ4n) is 4.80. The van der Waals surface area contributed by atoms with Gasteiger partial charge in [0.05, 0.1) is 35.8 Å². The summed E-state index contributed by atoms with van der Waals surface area (Å²) in [6.07, 6.45) is 1.34. The molecule has 1 saturated carbocycles. The summed E-state index contributed by atoms with van der Waals surface area (Å²) in [6, 6.07) is 18.8. The number of nitrogens with one attached hydrogen (secondary N) is 1. The van der Waals surface area contributed by atoms with E-state index in [1.807, 2.05) is 12.1 Å². The number of ether oxygens (including phenoxy) is 2. The van der Waals surface area contributed by atoms with Crippen molar-refractivity contribution >= 4 is 43.9 Å². The van der Waals surface area contributed by atoms with Crippen LogP contribution in [0.15, 0.2) is 71.6 Å². The van der Waals surface area contributed by atoms with Crippen LogP contribution in [-0.4, -0.2) is 44.2 Å². The molecule has 1 aliphatic rings. The second kappa shape index (κ2) is 11.4. The largest absolute Gasteiger partial charge is 0.497 e. The van der Waals surface area contributed by atoms with E-state index in [0.29, 0.717) is 46.6 Å². The normalized spacial score (nSPS) is 15.2. The zero-order valence-electron chi connectivity index (χ0n) is 22.2. The van der Waals surface area contributed by atoms with Crippen molar-refractivity contribution in [2.75, 3.05) is 19.5 Å². The van der Waals surface area contributed by atoms with E-state index in [4.69, 9.17) is 9.47 Å². The molecule has 5 rings (SSSR count). The third kappa shape index (κ3) is 6.12. The molecular formula is C30H29N3O6S. The van der Waals surface area contributed by atoms with E-state index in [1.54, 1.807) is 56.7 Å². The summed E-state index contributed by atoms with van der Waals surface area (Å²) in [5.74, 6) is 0.752. The molecule has 40 heavy (non-hydrogen) atoms. The molecule has 10 heteroatoms. The monoisotopic (exact) mass is 559 g/mol. The number of hydrogen-bond donors (Lipinski definition) is 1. The Bertz CT molecular complexity index is 1680. The number of nitrogens with zero attached hydrogens (tertiary/aromatic N) is 2. The summed E-state index contributed by atoms with van der Waals surface area (Å²) in [5, 5.41) is 3.19. The topological polar surface area (TPSA) is 125 Å². The lowest BCUT2D eigenvalue weighted by Gasteiger charge is -2.14. The van der Waals surface area contributed by atoms with Gasteiger partial charge in [0.1, 0.15) is 28.8 Å². The minimum atomic E-state index is -3.87. The van der Waals surface area contributed by atoms with Crippen LogP contribution in [0.2, 0.25) is 0 Å². The predicted molar refractivity (Wildman–Crippen MR) is 151 cm³/mol. The summed E-state index contributed by atoms with van der Waals surface area (Å²) in [5.41, 5.74) is 2.59. The lowest BCUT2D eigenvalue weighted by atomic mass is 9.97. The number of ketones is 2. The molecule has 1 aromatic heterocycles. The number of fused-ring (bicyclic) bond motifs is 1. The summed E-state index contributed by atoms with van der Waals surface area (Å²) < 4.78 is 37.9. The van der Waals surface area contributed by atoms with Gasteiger partial charge >= 0.3 is 0 Å². The Morgan fingerprint density at radius 3 is 2.30 bits per heavy atom. The van der Waals surface area contributed by atoms with Crippen molar-refractivity contribution in [3.63, 3.8) is 0 Å². The SMILES string of the molecule is COc1cc(Nc2nc3ccccc3nc2CS(=O)(=O)c2cccc(CC(=O)C3CCC(=O)C3)c2)cc(OC)c1. The van der Waals surface area contributed by atoms with Crippen LogP contribution in [0.25, 0.3) is 11.0 Å². The molecule has 1 N–H and O–H groups in total. The molecule has 0 spiro atoms. The van der Waals surface area contributed by atoms with Crippen molar-refractivity contribution in [3.05, 3.63) is 78.0 Å². The van der Waals surface area contributed by atoms with Crippen LogP contribution in [-0.2, 0) is 31.6 Å². The lowest BCUT2D eigenvalue weighted by Crippen LogP contribution is -2.15. The predicted octanol–water partition coefficient (Wildman–Crippen LogP) is 4.85. The lowest BCUT2D eigenvalue weighted by molar-refractivity contribution is -0.124. The number of methoxy groups -OCH3 is 2. The average Bonchev–Trinajstić information content (AvgIpc) is 3.39. The van der Waals surface area contributed by atoms with Gasteiger partial charge in [-0.3, -0.25) is 9.59 Å². The van der Waals surface area contributed by atoms with Gasteiger partial charge in [0.2, 0.25) is 0 Å². The van der Waals surface area contributed by atoms with Gasteiger partial charge in [0.25, 0.3) is 0 Å². The van der Waals surface area contributed by atoms with Gasteiger partial charge in [-0.05, 0) is 36.2 Å². The highest BCUT2D eigenvalue weighted by Crippen LogP contribution is 2.31. The number of hydrogen-bond acceptors (Lipinski definition) is 9. The van der Waals surface area contributed by atoms with E-state index in [0.717, 1.165) is 0 Å². The number of anilines is 2. The standard InChI is InChI=1S/C30H29N3O6S/c1-38-23-15-21(16-24(17-23)39-2)31-30-28(32-26-8-3-4-9-27(26)33-30)18-40(36,37)25-7-5-6-19(12-25)13-29(35)20-10-11-22(34)14-20/h3-9,12,15-17,20H,10-11,13-14,18H2,1-2H3,(H,31,33). The third-order valence-corrected chi connectivity index (χ3v) is 8.55. The van der Waals surface area contributed by atoms with E-state index in [9.17, 15) is 18.0 Å². The third-order valence-electron chi connectivity index (χ3n) is 6.92. The molecule has 3 aromatic carbocycles. The fourth-order valence-corrected chi connectivity index (χ4v) is 6.15. The van der Waals surface area contributed by atoms with E-state index < -0.39 is 15.6 Å². The number of aromatic nitrogens is 2. The number of benzene rings is 3. The molecule has 0 amide bonds. The van der Waals surface area contributed by atoms with Gasteiger partial charge in [-0.2, -0.15) is 0 Å². The minimum absolute atomic E-state index is 0.0407. The molecule has 206 valence electrons. The maximum Gasteiger partial charge on any atom is 0.184 e. The van der Waals surface area contributed by atoms with Crippen LogP contribution in [0.1, 0.15) is 30.5 Å². The first-order valence-corrected chi connectivity index (χ1v) is 14.5. The molecule has 0 aliphatic heterocycles. The molecule has 1 heterocycles. The van der Waals surface area contributed by atoms with Crippen molar-refractivity contribution in [2.45, 2.75) is 36.3 Å². The average molecular weight is 560 g/mol. The quantitative estimate of drug-likeness (QED) is 0.290. The van der Waals surface area contributed by atoms with Crippen molar-refractivity contribution in [3.8, 4) is 11.5 Å². The molecule has 1 unspecified atom stereocenters. The minimum Gasteiger partial charge on any atom is -0.497 e. The molecule has 0 radical (unpaired) electrons. The second-order valence-electron chi connectivity index (χ2n) is 9.76. The van der Waals surface area contributed by atoms with Gasteiger partial charge < -0.3 is 14.8 Å².